The third-order valence-corrected chi connectivity index (χ3v) is 5.30. The Morgan fingerprint density at radius 3 is 2.80 bits per heavy atom. The first-order chi connectivity index (χ1) is 12.2. The van der Waals surface area contributed by atoms with Crippen LogP contribution in [0.1, 0.15) is 22.9 Å². The van der Waals surface area contributed by atoms with E-state index in [2.05, 4.69) is 46.3 Å². The van der Waals surface area contributed by atoms with Gasteiger partial charge in [0, 0.05) is 24.6 Å². The highest BCUT2D eigenvalue weighted by Crippen LogP contribution is 2.33. The van der Waals surface area contributed by atoms with Crippen LogP contribution in [-0.4, -0.2) is 47.3 Å². The standard InChI is InChI=1S/C18H20N4O2S/c1-22(2)10-12-3-5-13(6-4-12)16-20-17(24-21-16)15-9-19-18(25-15)14-7-8-23-11-14/h3-6,9,14H,7-8,10-11H2,1-2H3. The average molecular weight is 356 g/mol. The van der Waals surface area contributed by atoms with E-state index in [4.69, 9.17) is 9.26 Å². The lowest BCUT2D eigenvalue weighted by atomic mass is 10.1. The molecule has 4 rings (SSSR count). The summed E-state index contributed by atoms with van der Waals surface area (Å²) in [7, 11) is 4.11. The molecule has 2 aromatic heterocycles. The van der Waals surface area contributed by atoms with Crippen LogP contribution in [0.25, 0.3) is 22.2 Å². The molecule has 1 unspecified atom stereocenters. The predicted molar refractivity (Wildman–Crippen MR) is 96.4 cm³/mol. The van der Waals surface area contributed by atoms with Gasteiger partial charge in [-0.25, -0.2) is 4.98 Å². The van der Waals surface area contributed by atoms with Gasteiger partial charge in [0.25, 0.3) is 5.89 Å². The average Bonchev–Trinajstić information content (AvgIpc) is 3.34. The molecule has 0 saturated carbocycles. The van der Waals surface area contributed by atoms with E-state index in [0.29, 0.717) is 17.6 Å². The summed E-state index contributed by atoms with van der Waals surface area (Å²) in [6.07, 6.45) is 2.84. The molecule has 3 heterocycles. The van der Waals surface area contributed by atoms with E-state index in [0.717, 1.165) is 41.6 Å². The van der Waals surface area contributed by atoms with Gasteiger partial charge in [-0.1, -0.05) is 29.4 Å². The molecule has 7 heteroatoms. The lowest BCUT2D eigenvalue weighted by Crippen LogP contribution is -2.10. The van der Waals surface area contributed by atoms with Gasteiger partial charge in [-0.15, -0.1) is 11.3 Å². The van der Waals surface area contributed by atoms with Gasteiger partial charge in [-0.05, 0) is 26.1 Å². The van der Waals surface area contributed by atoms with Crippen LogP contribution in [0.15, 0.2) is 35.0 Å². The summed E-state index contributed by atoms with van der Waals surface area (Å²) in [4.78, 5) is 12.1. The molecule has 6 nitrogen and oxygen atoms in total. The van der Waals surface area contributed by atoms with Crippen LogP contribution >= 0.6 is 11.3 Å². The summed E-state index contributed by atoms with van der Waals surface area (Å²) in [5, 5.41) is 5.20. The quantitative estimate of drug-likeness (QED) is 0.698. The second-order valence-electron chi connectivity index (χ2n) is 6.48. The van der Waals surface area contributed by atoms with E-state index in [9.17, 15) is 0 Å². The van der Waals surface area contributed by atoms with Crippen LogP contribution < -0.4 is 0 Å². The molecule has 1 atom stereocenters. The molecule has 1 aliphatic rings. The van der Waals surface area contributed by atoms with Gasteiger partial charge in [0.15, 0.2) is 0 Å². The molecule has 1 aromatic carbocycles. The van der Waals surface area contributed by atoms with Crippen molar-refractivity contribution in [2.75, 3.05) is 27.3 Å². The largest absolute Gasteiger partial charge is 0.381 e. The van der Waals surface area contributed by atoms with E-state index in [1.165, 1.54) is 5.56 Å². The van der Waals surface area contributed by atoms with Gasteiger partial charge in [0.2, 0.25) is 5.82 Å². The number of rotatable bonds is 5. The molecule has 0 spiro atoms. The zero-order valence-corrected chi connectivity index (χ0v) is 15.1. The minimum atomic E-state index is 0.394. The lowest BCUT2D eigenvalue weighted by Gasteiger charge is -2.09. The fourth-order valence-corrected chi connectivity index (χ4v) is 3.83. The SMILES string of the molecule is CN(C)Cc1ccc(-c2noc(-c3cnc(C4CCOC4)s3)n2)cc1. The van der Waals surface area contributed by atoms with Gasteiger partial charge in [-0.3, -0.25) is 0 Å². The number of thiazole rings is 1. The maximum Gasteiger partial charge on any atom is 0.269 e. The first kappa shape index (κ1) is 16.4. The molecular weight excluding hydrogens is 336 g/mol. The lowest BCUT2D eigenvalue weighted by molar-refractivity contribution is 0.194. The number of hydrogen-bond acceptors (Lipinski definition) is 7. The normalized spacial score (nSPS) is 17.5. The minimum absolute atomic E-state index is 0.394. The Hall–Kier alpha value is -2.09. The zero-order chi connectivity index (χ0) is 17.2. The van der Waals surface area contributed by atoms with Crippen molar-refractivity contribution in [3.8, 4) is 22.2 Å². The number of hydrogen-bond donors (Lipinski definition) is 0. The van der Waals surface area contributed by atoms with Crippen molar-refractivity contribution in [1.29, 1.82) is 0 Å². The van der Waals surface area contributed by atoms with Crippen LogP contribution in [0.4, 0.5) is 0 Å². The van der Waals surface area contributed by atoms with Gasteiger partial charge in [0.05, 0.1) is 17.8 Å². The Bertz CT molecular complexity index is 835. The number of aromatic nitrogens is 3. The summed E-state index contributed by atoms with van der Waals surface area (Å²) >= 11 is 1.61. The Labute approximate surface area is 150 Å². The van der Waals surface area contributed by atoms with Crippen molar-refractivity contribution in [1.82, 2.24) is 20.0 Å². The molecular formula is C18H20N4O2S. The highest BCUT2D eigenvalue weighted by atomic mass is 32.1. The van der Waals surface area contributed by atoms with Crippen LogP contribution in [-0.2, 0) is 11.3 Å². The molecule has 1 aliphatic heterocycles. The number of nitrogens with zero attached hydrogens (tertiary/aromatic N) is 4. The highest BCUT2D eigenvalue weighted by Gasteiger charge is 2.22. The first-order valence-corrected chi connectivity index (χ1v) is 9.12. The Balaban J connectivity index is 1.52. The maximum absolute atomic E-state index is 5.45. The third-order valence-electron chi connectivity index (χ3n) is 4.15. The van der Waals surface area contributed by atoms with Crippen molar-refractivity contribution in [3.05, 3.63) is 41.0 Å². The van der Waals surface area contributed by atoms with Gasteiger partial charge >= 0.3 is 0 Å². The van der Waals surface area contributed by atoms with Crippen LogP contribution in [0.3, 0.4) is 0 Å². The molecule has 0 amide bonds. The van der Waals surface area contributed by atoms with E-state index in [-0.39, 0.29) is 0 Å². The summed E-state index contributed by atoms with van der Waals surface area (Å²) in [6.45, 7) is 2.47. The van der Waals surface area contributed by atoms with E-state index >= 15 is 0 Å². The molecule has 3 aromatic rings. The summed E-state index contributed by atoms with van der Waals surface area (Å²) in [5.41, 5.74) is 2.20. The molecule has 1 fully saturated rings. The molecule has 1 saturated heterocycles. The topological polar surface area (TPSA) is 64.3 Å². The molecule has 25 heavy (non-hydrogen) atoms. The Kier molecular flexibility index (Phi) is 4.61. The summed E-state index contributed by atoms with van der Waals surface area (Å²) in [6, 6.07) is 8.25. The van der Waals surface area contributed by atoms with Crippen LogP contribution in [0.2, 0.25) is 0 Å². The number of ether oxygens (including phenoxy) is 1. The summed E-state index contributed by atoms with van der Waals surface area (Å²) in [5.74, 6) is 1.52. The predicted octanol–water partition coefficient (Wildman–Crippen LogP) is 3.43. The molecule has 0 aliphatic carbocycles. The van der Waals surface area contributed by atoms with E-state index < -0.39 is 0 Å². The summed E-state index contributed by atoms with van der Waals surface area (Å²) < 4.78 is 10.9. The van der Waals surface area contributed by atoms with Crippen molar-refractivity contribution < 1.29 is 9.26 Å². The van der Waals surface area contributed by atoms with Gasteiger partial charge < -0.3 is 14.2 Å². The van der Waals surface area contributed by atoms with Crippen molar-refractivity contribution in [3.63, 3.8) is 0 Å². The van der Waals surface area contributed by atoms with E-state index in [1.807, 2.05) is 18.3 Å². The van der Waals surface area contributed by atoms with Gasteiger partial charge in [0.1, 0.15) is 4.88 Å². The van der Waals surface area contributed by atoms with Gasteiger partial charge in [-0.2, -0.15) is 4.98 Å². The molecule has 0 radical (unpaired) electrons. The number of benzene rings is 1. The second-order valence-corrected chi connectivity index (χ2v) is 7.54. The Morgan fingerprint density at radius 2 is 2.08 bits per heavy atom. The first-order valence-electron chi connectivity index (χ1n) is 8.30. The minimum Gasteiger partial charge on any atom is -0.381 e. The smallest absolute Gasteiger partial charge is 0.269 e. The molecule has 130 valence electrons. The highest BCUT2D eigenvalue weighted by molar-refractivity contribution is 7.15. The van der Waals surface area contributed by atoms with Crippen molar-refractivity contribution in [2.45, 2.75) is 18.9 Å². The Morgan fingerprint density at radius 1 is 1.24 bits per heavy atom. The third kappa shape index (κ3) is 3.63. The zero-order valence-electron chi connectivity index (χ0n) is 14.3. The fourth-order valence-electron chi connectivity index (χ4n) is 2.87. The molecule has 0 N–H and O–H groups in total. The monoisotopic (exact) mass is 356 g/mol. The van der Waals surface area contributed by atoms with Crippen LogP contribution in [0, 0.1) is 0 Å². The van der Waals surface area contributed by atoms with Crippen molar-refractivity contribution in [2.24, 2.45) is 0 Å². The fraction of sp³-hybridized carbons (Fsp3) is 0.389. The van der Waals surface area contributed by atoms with Crippen LogP contribution in [0.5, 0.6) is 0 Å². The maximum atomic E-state index is 5.45. The van der Waals surface area contributed by atoms with E-state index in [1.54, 1.807) is 11.3 Å². The second kappa shape index (κ2) is 7.03. The molecule has 0 bridgehead atoms. The van der Waals surface area contributed by atoms with Crippen molar-refractivity contribution >= 4 is 11.3 Å².